The van der Waals surface area contributed by atoms with Crippen molar-refractivity contribution < 1.29 is 9.18 Å². The van der Waals surface area contributed by atoms with Crippen LogP contribution in [0.3, 0.4) is 0 Å². The molecule has 1 aliphatic rings. The van der Waals surface area contributed by atoms with Crippen LogP contribution in [-0.2, 0) is 24.8 Å². The highest BCUT2D eigenvalue weighted by atomic mass is 19.1. The lowest BCUT2D eigenvalue weighted by Gasteiger charge is -2.18. The van der Waals surface area contributed by atoms with E-state index in [0.29, 0.717) is 36.5 Å². The molecule has 0 atom stereocenters. The number of aromatic nitrogens is 3. The smallest absolute Gasteiger partial charge is 0.224 e. The monoisotopic (exact) mass is 275 g/mol. The second kappa shape index (κ2) is 4.92. The van der Waals surface area contributed by atoms with Crippen LogP contribution in [0.1, 0.15) is 17.7 Å². The molecule has 0 aliphatic carbocycles. The zero-order valence-electron chi connectivity index (χ0n) is 11.0. The summed E-state index contributed by atoms with van der Waals surface area (Å²) in [6.45, 7) is 0.373. The van der Waals surface area contributed by atoms with Gasteiger partial charge in [0.2, 0.25) is 5.91 Å². The Balaban J connectivity index is 1.79. The first kappa shape index (κ1) is 12.6. The number of amides is 1. The van der Waals surface area contributed by atoms with Crippen LogP contribution in [0.2, 0.25) is 0 Å². The Labute approximate surface area is 115 Å². The lowest BCUT2D eigenvalue weighted by atomic mass is 10.0. The normalized spacial score (nSPS) is 13.8. The average molecular weight is 275 g/mol. The second-order valence-corrected chi connectivity index (χ2v) is 4.77. The molecular formula is C13H14FN5O. The third-order valence-corrected chi connectivity index (χ3v) is 3.20. The fraction of sp³-hybridized carbons (Fsp3) is 0.308. The molecule has 0 radical (unpaired) electrons. The Morgan fingerprint density at radius 3 is 3.05 bits per heavy atom. The maximum atomic E-state index is 14.0. The van der Waals surface area contributed by atoms with E-state index in [-0.39, 0.29) is 11.7 Å². The zero-order valence-corrected chi connectivity index (χ0v) is 11.0. The maximum Gasteiger partial charge on any atom is 0.224 e. The number of carbonyl (C=O) groups is 1. The first-order valence-electron chi connectivity index (χ1n) is 6.33. The van der Waals surface area contributed by atoms with E-state index in [2.05, 4.69) is 20.9 Å². The van der Waals surface area contributed by atoms with Gasteiger partial charge in [0.15, 0.2) is 0 Å². The van der Waals surface area contributed by atoms with E-state index in [1.807, 2.05) is 0 Å². The van der Waals surface area contributed by atoms with Gasteiger partial charge in [-0.1, -0.05) is 5.21 Å². The summed E-state index contributed by atoms with van der Waals surface area (Å²) in [6, 6.07) is 3.09. The number of fused-ring (bicyclic) bond motifs is 1. The summed E-state index contributed by atoms with van der Waals surface area (Å²) in [5.74, 6) is -0.368. The van der Waals surface area contributed by atoms with Gasteiger partial charge in [0.1, 0.15) is 11.5 Å². The van der Waals surface area contributed by atoms with Crippen LogP contribution in [0.4, 0.5) is 15.8 Å². The predicted molar refractivity (Wildman–Crippen MR) is 71.7 cm³/mol. The average Bonchev–Trinajstić information content (AvgIpc) is 2.83. The van der Waals surface area contributed by atoms with Gasteiger partial charge >= 0.3 is 0 Å². The maximum absolute atomic E-state index is 14.0. The number of aryl methyl sites for hydroxylation is 2. The molecule has 0 saturated heterocycles. The van der Waals surface area contributed by atoms with Crippen molar-refractivity contribution in [3.05, 3.63) is 35.4 Å². The molecule has 6 nitrogen and oxygen atoms in total. The molecule has 1 aliphatic heterocycles. The van der Waals surface area contributed by atoms with Crippen molar-refractivity contribution in [2.45, 2.75) is 19.4 Å². The van der Waals surface area contributed by atoms with E-state index in [0.717, 1.165) is 5.56 Å². The topological polar surface area (TPSA) is 71.8 Å². The molecule has 104 valence electrons. The van der Waals surface area contributed by atoms with Crippen LogP contribution >= 0.6 is 0 Å². The van der Waals surface area contributed by atoms with Crippen molar-refractivity contribution in [2.24, 2.45) is 7.05 Å². The van der Waals surface area contributed by atoms with Gasteiger partial charge in [0.05, 0.1) is 12.2 Å². The number of nitrogens with zero attached hydrogens (tertiary/aromatic N) is 3. The molecule has 0 fully saturated rings. The molecule has 1 aromatic carbocycles. The van der Waals surface area contributed by atoms with Crippen LogP contribution in [0, 0.1) is 5.82 Å². The van der Waals surface area contributed by atoms with E-state index < -0.39 is 0 Å². The first-order valence-corrected chi connectivity index (χ1v) is 6.33. The lowest BCUT2D eigenvalue weighted by Crippen LogP contribution is -2.19. The molecule has 0 unspecified atom stereocenters. The summed E-state index contributed by atoms with van der Waals surface area (Å²) in [5, 5.41) is 13.4. The summed E-state index contributed by atoms with van der Waals surface area (Å²) in [4.78, 5) is 11.4. The molecule has 20 heavy (non-hydrogen) atoms. The molecular weight excluding hydrogens is 261 g/mol. The van der Waals surface area contributed by atoms with Crippen LogP contribution in [-0.4, -0.2) is 20.9 Å². The molecule has 7 heteroatoms. The Kier molecular flexibility index (Phi) is 3.09. The third-order valence-electron chi connectivity index (χ3n) is 3.20. The summed E-state index contributed by atoms with van der Waals surface area (Å²) in [7, 11) is 1.77. The van der Waals surface area contributed by atoms with Crippen molar-refractivity contribution in [1.82, 2.24) is 15.0 Å². The molecule has 3 rings (SSSR count). The number of anilines is 2. The van der Waals surface area contributed by atoms with E-state index >= 15 is 0 Å². The van der Waals surface area contributed by atoms with Gasteiger partial charge in [-0.05, 0) is 24.1 Å². The van der Waals surface area contributed by atoms with E-state index in [1.54, 1.807) is 24.0 Å². The standard InChI is InChI=1S/C13H14FN5O/c1-19-7-9(17-18-19)6-15-12-5-11-8(4-10(12)14)2-3-13(20)16-11/h4-5,7,15H,2-3,6H2,1H3,(H,16,20). The number of hydrogen-bond donors (Lipinski definition) is 2. The lowest BCUT2D eigenvalue weighted by molar-refractivity contribution is -0.116. The van der Waals surface area contributed by atoms with Crippen LogP contribution < -0.4 is 10.6 Å². The minimum Gasteiger partial charge on any atom is -0.377 e. The molecule has 0 saturated carbocycles. The minimum absolute atomic E-state index is 0.0380. The highest BCUT2D eigenvalue weighted by Gasteiger charge is 2.17. The number of benzene rings is 1. The van der Waals surface area contributed by atoms with Crippen LogP contribution in [0.25, 0.3) is 0 Å². The first-order chi connectivity index (χ1) is 9.61. The Hall–Kier alpha value is -2.44. The Morgan fingerprint density at radius 1 is 1.45 bits per heavy atom. The second-order valence-electron chi connectivity index (χ2n) is 4.77. The Bertz CT molecular complexity index is 667. The fourth-order valence-corrected chi connectivity index (χ4v) is 2.20. The van der Waals surface area contributed by atoms with E-state index in [4.69, 9.17) is 0 Å². The van der Waals surface area contributed by atoms with Gasteiger partial charge in [-0.25, -0.2) is 4.39 Å². The quantitative estimate of drug-likeness (QED) is 0.889. The molecule has 2 N–H and O–H groups in total. The minimum atomic E-state index is -0.330. The molecule has 1 aromatic heterocycles. The summed E-state index contributed by atoms with van der Waals surface area (Å²) >= 11 is 0. The van der Waals surface area contributed by atoms with Gasteiger partial charge in [0.25, 0.3) is 0 Å². The third kappa shape index (κ3) is 2.47. The molecule has 2 heterocycles. The van der Waals surface area contributed by atoms with Crippen molar-refractivity contribution in [3.63, 3.8) is 0 Å². The number of nitrogens with one attached hydrogen (secondary N) is 2. The largest absolute Gasteiger partial charge is 0.377 e. The number of hydrogen-bond acceptors (Lipinski definition) is 4. The van der Waals surface area contributed by atoms with Crippen molar-refractivity contribution >= 4 is 17.3 Å². The summed E-state index contributed by atoms with van der Waals surface area (Å²) in [6.07, 6.45) is 2.73. The molecule has 0 bridgehead atoms. The Morgan fingerprint density at radius 2 is 2.30 bits per heavy atom. The predicted octanol–water partition coefficient (Wildman–Crippen LogP) is 1.45. The van der Waals surface area contributed by atoms with Crippen LogP contribution in [0.15, 0.2) is 18.3 Å². The van der Waals surface area contributed by atoms with E-state index in [1.165, 1.54) is 6.07 Å². The zero-order chi connectivity index (χ0) is 14.1. The van der Waals surface area contributed by atoms with Crippen molar-refractivity contribution in [2.75, 3.05) is 10.6 Å². The summed E-state index contributed by atoms with van der Waals surface area (Å²) < 4.78 is 15.5. The number of rotatable bonds is 3. The number of carbonyl (C=O) groups excluding carboxylic acids is 1. The van der Waals surface area contributed by atoms with Gasteiger partial charge in [-0.3, -0.25) is 9.48 Å². The van der Waals surface area contributed by atoms with Gasteiger partial charge in [-0.15, -0.1) is 5.10 Å². The SMILES string of the molecule is Cn1cc(CNc2cc3c(cc2F)CCC(=O)N3)nn1. The molecule has 2 aromatic rings. The van der Waals surface area contributed by atoms with Gasteiger partial charge < -0.3 is 10.6 Å². The summed E-state index contributed by atoms with van der Waals surface area (Å²) in [5.41, 5.74) is 2.56. The molecule has 1 amide bonds. The fourth-order valence-electron chi connectivity index (χ4n) is 2.20. The van der Waals surface area contributed by atoms with Crippen molar-refractivity contribution in [1.29, 1.82) is 0 Å². The van der Waals surface area contributed by atoms with E-state index in [9.17, 15) is 9.18 Å². The van der Waals surface area contributed by atoms with Gasteiger partial charge in [-0.2, -0.15) is 0 Å². The highest BCUT2D eigenvalue weighted by molar-refractivity contribution is 5.94. The highest BCUT2D eigenvalue weighted by Crippen LogP contribution is 2.28. The van der Waals surface area contributed by atoms with Gasteiger partial charge in [0, 0.05) is 25.4 Å². The number of halogens is 1. The van der Waals surface area contributed by atoms with Crippen LogP contribution in [0.5, 0.6) is 0 Å². The molecule has 0 spiro atoms. The van der Waals surface area contributed by atoms with Crippen molar-refractivity contribution in [3.8, 4) is 0 Å².